The van der Waals surface area contributed by atoms with E-state index in [4.69, 9.17) is 4.74 Å². The van der Waals surface area contributed by atoms with Crippen LogP contribution in [0.2, 0.25) is 0 Å². The molecule has 0 unspecified atom stereocenters. The fourth-order valence-corrected chi connectivity index (χ4v) is 4.56. The first-order chi connectivity index (χ1) is 21.0. The predicted octanol–water partition coefficient (Wildman–Crippen LogP) is 5.03. The fourth-order valence-electron chi connectivity index (χ4n) is 4.56. The van der Waals surface area contributed by atoms with Crippen molar-refractivity contribution in [1.29, 1.82) is 0 Å². The number of nitrogens with zero attached hydrogens (tertiary/aromatic N) is 3. The zero-order chi connectivity index (χ0) is 31.4. The molecule has 2 aromatic heterocycles. The Morgan fingerprint density at radius 3 is 2.43 bits per heavy atom. The molecule has 226 valence electrons. The average molecular weight is 597 g/mol. The number of aliphatic hydroxyl groups is 1. The topological polar surface area (TPSA) is 130 Å². The minimum absolute atomic E-state index is 0.196. The molecule has 0 saturated heterocycles. The molecule has 3 aromatic carbocycles. The number of aliphatic hydroxyl groups excluding tert-OH is 1. The van der Waals surface area contributed by atoms with Gasteiger partial charge >= 0.3 is 0 Å². The van der Waals surface area contributed by atoms with Crippen molar-refractivity contribution in [3.8, 4) is 16.9 Å². The van der Waals surface area contributed by atoms with E-state index in [0.29, 0.717) is 40.7 Å². The number of carbonyl (C=O) groups is 2. The van der Waals surface area contributed by atoms with Gasteiger partial charge < -0.3 is 25.8 Å². The van der Waals surface area contributed by atoms with Gasteiger partial charge in [0, 0.05) is 29.4 Å². The van der Waals surface area contributed by atoms with Crippen LogP contribution in [0, 0.1) is 12.7 Å². The number of hydrogen-bond donors (Lipinski definition) is 4. The minimum atomic E-state index is -0.762. The smallest absolute Gasteiger partial charge is 0.251 e. The van der Waals surface area contributed by atoms with Crippen LogP contribution in [0.25, 0.3) is 16.8 Å². The highest BCUT2D eigenvalue weighted by molar-refractivity contribution is 5.96. The van der Waals surface area contributed by atoms with Crippen molar-refractivity contribution in [2.45, 2.75) is 32.9 Å². The van der Waals surface area contributed by atoms with Crippen LogP contribution in [0.15, 0.2) is 79.0 Å². The van der Waals surface area contributed by atoms with E-state index >= 15 is 0 Å². The fraction of sp³-hybridized carbons (Fsp3) is 0.212. The molecule has 0 aliphatic carbocycles. The summed E-state index contributed by atoms with van der Waals surface area (Å²) in [5.41, 5.74) is 4.78. The Morgan fingerprint density at radius 1 is 0.977 bits per heavy atom. The van der Waals surface area contributed by atoms with Gasteiger partial charge in [-0.1, -0.05) is 24.3 Å². The summed E-state index contributed by atoms with van der Waals surface area (Å²) >= 11 is 0. The Morgan fingerprint density at radius 2 is 1.73 bits per heavy atom. The molecule has 0 fully saturated rings. The summed E-state index contributed by atoms with van der Waals surface area (Å²) < 4.78 is 20.3. The van der Waals surface area contributed by atoms with E-state index in [-0.39, 0.29) is 24.2 Å². The van der Waals surface area contributed by atoms with Crippen LogP contribution in [-0.2, 0) is 6.54 Å². The average Bonchev–Trinajstić information content (AvgIpc) is 3.42. The van der Waals surface area contributed by atoms with Gasteiger partial charge in [-0.05, 0) is 86.0 Å². The van der Waals surface area contributed by atoms with Gasteiger partial charge in [0.1, 0.15) is 11.6 Å². The van der Waals surface area contributed by atoms with Gasteiger partial charge in [-0.15, -0.1) is 5.10 Å². The third-order valence-electron chi connectivity index (χ3n) is 7.06. The van der Waals surface area contributed by atoms with E-state index in [2.05, 4.69) is 26.0 Å². The van der Waals surface area contributed by atoms with Gasteiger partial charge in [0.25, 0.3) is 11.8 Å². The maximum absolute atomic E-state index is 13.1. The van der Waals surface area contributed by atoms with Crippen molar-refractivity contribution in [2.75, 3.05) is 19.0 Å². The maximum Gasteiger partial charge on any atom is 0.251 e. The minimum Gasteiger partial charge on any atom is -0.495 e. The first-order valence-corrected chi connectivity index (χ1v) is 13.9. The first-order valence-electron chi connectivity index (χ1n) is 13.9. The highest BCUT2D eigenvalue weighted by Gasteiger charge is 2.21. The Hall–Kier alpha value is -5.29. The standard InChI is InChI=1S/C33H33FN6O4/c1-20-15-22(7-12-26(20)31(43)35-17-21-5-10-25(34)11-6-21)24-9-14-29-37-32(39-40(29)18-24)36-27-13-8-23(16-28(27)44-4)30(42)38-33(2,3)19-41/h5-16,18,41H,17,19H2,1-4H3,(H,35,43)(H,36,39)(H,38,42). The van der Waals surface area contributed by atoms with Crippen molar-refractivity contribution >= 4 is 29.1 Å². The number of aromatic nitrogens is 3. The molecule has 0 aliphatic heterocycles. The quantitative estimate of drug-likeness (QED) is 0.178. The number of methoxy groups -OCH3 is 1. The zero-order valence-electron chi connectivity index (χ0n) is 24.8. The summed E-state index contributed by atoms with van der Waals surface area (Å²) in [6.45, 7) is 5.44. The molecule has 5 aromatic rings. The molecule has 0 saturated carbocycles. The predicted molar refractivity (Wildman–Crippen MR) is 166 cm³/mol. The SMILES string of the molecule is COc1cc(C(=O)NC(C)(C)CO)ccc1Nc1nc2ccc(-c3ccc(C(=O)NCc4ccc(F)cc4)c(C)c3)cn2n1. The molecule has 5 rings (SSSR count). The third-order valence-corrected chi connectivity index (χ3v) is 7.06. The molecule has 0 aliphatic rings. The van der Waals surface area contributed by atoms with Gasteiger partial charge in [0.05, 0.1) is 24.9 Å². The Kier molecular flexibility index (Phi) is 8.59. The van der Waals surface area contributed by atoms with E-state index in [1.165, 1.54) is 19.2 Å². The molecule has 44 heavy (non-hydrogen) atoms. The largest absolute Gasteiger partial charge is 0.495 e. The number of pyridine rings is 1. The van der Waals surface area contributed by atoms with E-state index in [1.807, 2.05) is 37.4 Å². The molecule has 10 nitrogen and oxygen atoms in total. The monoisotopic (exact) mass is 596 g/mol. The molecule has 4 N–H and O–H groups in total. The maximum atomic E-state index is 13.1. The first kappa shape index (κ1) is 30.2. The lowest BCUT2D eigenvalue weighted by molar-refractivity contribution is 0.0868. The highest BCUT2D eigenvalue weighted by atomic mass is 19.1. The number of halogens is 1. The van der Waals surface area contributed by atoms with Crippen LogP contribution in [0.3, 0.4) is 0 Å². The second-order valence-electron chi connectivity index (χ2n) is 11.0. The van der Waals surface area contributed by atoms with E-state index < -0.39 is 5.54 Å². The number of rotatable bonds is 10. The molecule has 11 heteroatoms. The van der Waals surface area contributed by atoms with Gasteiger partial charge in [-0.2, -0.15) is 4.98 Å². The second-order valence-corrected chi connectivity index (χ2v) is 11.0. The molecule has 0 radical (unpaired) electrons. The normalized spacial score (nSPS) is 11.3. The number of nitrogens with one attached hydrogen (secondary N) is 3. The number of carbonyl (C=O) groups excluding carboxylic acids is 2. The molecule has 0 bridgehead atoms. The number of amides is 2. The van der Waals surface area contributed by atoms with Crippen LogP contribution < -0.4 is 20.7 Å². The van der Waals surface area contributed by atoms with Crippen molar-refractivity contribution in [2.24, 2.45) is 0 Å². The van der Waals surface area contributed by atoms with Crippen molar-refractivity contribution in [1.82, 2.24) is 25.2 Å². The number of benzene rings is 3. The lowest BCUT2D eigenvalue weighted by atomic mass is 10.0. The lowest BCUT2D eigenvalue weighted by Gasteiger charge is -2.23. The van der Waals surface area contributed by atoms with Crippen LogP contribution in [0.1, 0.15) is 45.7 Å². The van der Waals surface area contributed by atoms with Crippen LogP contribution >= 0.6 is 0 Å². The molecule has 2 amide bonds. The second kappa shape index (κ2) is 12.5. The van der Waals surface area contributed by atoms with E-state index in [0.717, 1.165) is 22.3 Å². The number of hydrogen-bond acceptors (Lipinski definition) is 7. The molecular formula is C33H33FN6O4. The summed E-state index contributed by atoms with van der Waals surface area (Å²) in [6.07, 6.45) is 1.85. The highest BCUT2D eigenvalue weighted by Crippen LogP contribution is 2.29. The molecule has 2 heterocycles. The van der Waals surface area contributed by atoms with Crippen molar-refractivity contribution < 1.29 is 23.8 Å². The van der Waals surface area contributed by atoms with Gasteiger partial charge in [-0.3, -0.25) is 9.59 Å². The van der Waals surface area contributed by atoms with Crippen LogP contribution in [0.5, 0.6) is 5.75 Å². The van der Waals surface area contributed by atoms with Gasteiger partial charge in [0.2, 0.25) is 5.95 Å². The number of aryl methyl sites for hydroxylation is 1. The summed E-state index contributed by atoms with van der Waals surface area (Å²) in [4.78, 5) is 30.0. The van der Waals surface area contributed by atoms with Gasteiger partial charge in [0.15, 0.2) is 5.65 Å². The molecule has 0 atom stereocenters. The Bertz CT molecular complexity index is 1830. The van der Waals surface area contributed by atoms with Gasteiger partial charge in [-0.25, -0.2) is 8.91 Å². The van der Waals surface area contributed by atoms with Crippen molar-refractivity contribution in [3.63, 3.8) is 0 Å². The summed E-state index contributed by atoms with van der Waals surface area (Å²) in [5.74, 6) is -0.0968. The number of anilines is 2. The molecular weight excluding hydrogens is 563 g/mol. The number of ether oxygens (including phenoxy) is 1. The summed E-state index contributed by atoms with van der Waals surface area (Å²) in [7, 11) is 1.51. The lowest BCUT2D eigenvalue weighted by Crippen LogP contribution is -2.46. The van der Waals surface area contributed by atoms with Crippen LogP contribution in [-0.4, -0.2) is 50.8 Å². The Labute approximate surface area is 253 Å². The van der Waals surface area contributed by atoms with Crippen molar-refractivity contribution in [3.05, 3.63) is 107 Å². The van der Waals surface area contributed by atoms with E-state index in [1.54, 1.807) is 54.8 Å². The van der Waals surface area contributed by atoms with E-state index in [9.17, 15) is 19.1 Å². The summed E-state index contributed by atoms with van der Waals surface area (Å²) in [6, 6.07) is 20.3. The number of fused-ring (bicyclic) bond motifs is 1. The van der Waals surface area contributed by atoms with Crippen LogP contribution in [0.4, 0.5) is 16.0 Å². The molecule has 0 spiro atoms. The third kappa shape index (κ3) is 6.84. The Balaban J connectivity index is 1.30. The zero-order valence-corrected chi connectivity index (χ0v) is 24.8. The summed E-state index contributed by atoms with van der Waals surface area (Å²) in [5, 5.41) is 22.8.